The minimum atomic E-state index is -4.66. The van der Waals surface area contributed by atoms with Crippen LogP contribution in [0.25, 0.3) is 11.0 Å². The molecule has 3 aromatic rings. The molecule has 0 bridgehead atoms. The van der Waals surface area contributed by atoms with E-state index in [9.17, 15) is 18.0 Å². The summed E-state index contributed by atoms with van der Waals surface area (Å²) in [7, 11) is 0. The van der Waals surface area contributed by atoms with Crippen molar-refractivity contribution in [3.05, 3.63) is 57.5 Å². The SMILES string of the molecule is CCCn1c(CN2CCc3nc(C(F)(F)F)[nH]c(=O)c3C2)nc2ccccc21. The number of aromatic nitrogens is 4. The van der Waals surface area contributed by atoms with Crippen LogP contribution in [0.2, 0.25) is 0 Å². The summed E-state index contributed by atoms with van der Waals surface area (Å²) in [4.78, 5) is 24.5. The monoisotopic (exact) mass is 391 g/mol. The number of nitrogens with one attached hydrogen (secondary N) is 1. The van der Waals surface area contributed by atoms with Crippen molar-refractivity contribution >= 4 is 11.0 Å². The molecule has 2 aromatic heterocycles. The summed E-state index contributed by atoms with van der Waals surface area (Å²) in [5.41, 5.74) is 1.79. The zero-order valence-electron chi connectivity index (χ0n) is 15.4. The van der Waals surface area contributed by atoms with Crippen molar-refractivity contribution in [3.63, 3.8) is 0 Å². The maximum Gasteiger partial charge on any atom is 0.449 e. The van der Waals surface area contributed by atoms with Gasteiger partial charge in [-0.3, -0.25) is 9.69 Å². The van der Waals surface area contributed by atoms with E-state index in [0.717, 1.165) is 29.8 Å². The van der Waals surface area contributed by atoms with Crippen molar-refractivity contribution in [2.24, 2.45) is 0 Å². The number of hydrogen-bond donors (Lipinski definition) is 1. The third kappa shape index (κ3) is 3.42. The molecule has 9 heteroatoms. The van der Waals surface area contributed by atoms with E-state index in [0.29, 0.717) is 25.1 Å². The number of H-pyrrole nitrogens is 1. The fourth-order valence-electron chi connectivity index (χ4n) is 3.67. The van der Waals surface area contributed by atoms with E-state index in [2.05, 4.69) is 16.5 Å². The minimum Gasteiger partial charge on any atom is -0.327 e. The topological polar surface area (TPSA) is 66.8 Å². The van der Waals surface area contributed by atoms with Crippen molar-refractivity contribution in [2.45, 2.75) is 45.6 Å². The molecule has 0 fully saturated rings. The Morgan fingerprint density at radius 2 is 2.00 bits per heavy atom. The van der Waals surface area contributed by atoms with Crippen LogP contribution in [0.15, 0.2) is 29.1 Å². The first-order valence-electron chi connectivity index (χ1n) is 9.22. The Labute approximate surface area is 159 Å². The molecule has 1 aromatic carbocycles. The number of imidazole rings is 1. The summed E-state index contributed by atoms with van der Waals surface area (Å²) in [6.07, 6.45) is -3.40. The van der Waals surface area contributed by atoms with Crippen LogP contribution in [0, 0.1) is 0 Å². The lowest BCUT2D eigenvalue weighted by atomic mass is 10.1. The zero-order valence-corrected chi connectivity index (χ0v) is 15.4. The van der Waals surface area contributed by atoms with Gasteiger partial charge in [0.05, 0.1) is 28.8 Å². The second kappa shape index (κ2) is 7.05. The van der Waals surface area contributed by atoms with Gasteiger partial charge in [-0.25, -0.2) is 9.97 Å². The molecule has 0 aliphatic carbocycles. The number of benzene rings is 1. The molecular formula is C19H20F3N5O. The Hall–Kier alpha value is -2.68. The predicted octanol–water partition coefficient (Wildman–Crippen LogP) is 3.11. The summed E-state index contributed by atoms with van der Waals surface area (Å²) >= 11 is 0. The van der Waals surface area contributed by atoms with Crippen molar-refractivity contribution in [1.82, 2.24) is 24.4 Å². The molecule has 148 valence electrons. The van der Waals surface area contributed by atoms with E-state index in [1.807, 2.05) is 34.1 Å². The second-order valence-corrected chi connectivity index (χ2v) is 6.97. The quantitative estimate of drug-likeness (QED) is 0.742. The molecule has 1 aliphatic rings. The van der Waals surface area contributed by atoms with Crippen LogP contribution in [0.5, 0.6) is 0 Å². The van der Waals surface area contributed by atoms with Crippen molar-refractivity contribution in [3.8, 4) is 0 Å². The standard InChI is InChI=1S/C19H20F3N5O/c1-2-8-27-15-6-4-3-5-14(15)23-16(27)11-26-9-7-13-12(10-26)17(28)25-18(24-13)19(20,21)22/h3-6H,2,7-11H2,1H3,(H,24,25,28). The number of alkyl halides is 3. The van der Waals surface area contributed by atoms with E-state index < -0.39 is 17.6 Å². The molecule has 0 unspecified atom stereocenters. The van der Waals surface area contributed by atoms with Gasteiger partial charge in [-0.15, -0.1) is 0 Å². The summed E-state index contributed by atoms with van der Waals surface area (Å²) in [5.74, 6) is -0.336. The number of hydrogen-bond acceptors (Lipinski definition) is 4. The van der Waals surface area contributed by atoms with Crippen LogP contribution in [0.1, 0.15) is 36.3 Å². The first kappa shape index (κ1) is 18.7. The molecular weight excluding hydrogens is 371 g/mol. The number of para-hydroxylation sites is 2. The molecule has 0 atom stereocenters. The third-order valence-corrected chi connectivity index (χ3v) is 4.96. The fraction of sp³-hybridized carbons (Fsp3) is 0.421. The van der Waals surface area contributed by atoms with Crippen LogP contribution in [0.4, 0.5) is 13.2 Å². The maximum atomic E-state index is 12.9. The van der Waals surface area contributed by atoms with Crippen molar-refractivity contribution < 1.29 is 13.2 Å². The molecule has 1 N–H and O–H groups in total. The third-order valence-electron chi connectivity index (χ3n) is 4.96. The van der Waals surface area contributed by atoms with E-state index in [1.165, 1.54) is 0 Å². The number of nitrogens with zero attached hydrogens (tertiary/aromatic N) is 4. The van der Waals surface area contributed by atoms with E-state index >= 15 is 0 Å². The van der Waals surface area contributed by atoms with Crippen LogP contribution < -0.4 is 5.56 Å². The summed E-state index contributed by atoms with van der Waals surface area (Å²) < 4.78 is 40.8. The number of halogens is 3. The number of aromatic amines is 1. The summed E-state index contributed by atoms with van der Waals surface area (Å²) in [5, 5.41) is 0. The molecule has 0 amide bonds. The van der Waals surface area contributed by atoms with E-state index in [4.69, 9.17) is 4.98 Å². The van der Waals surface area contributed by atoms with Gasteiger partial charge in [-0.2, -0.15) is 13.2 Å². The Morgan fingerprint density at radius 1 is 1.21 bits per heavy atom. The van der Waals surface area contributed by atoms with Gasteiger partial charge in [0, 0.05) is 26.1 Å². The van der Waals surface area contributed by atoms with Gasteiger partial charge < -0.3 is 9.55 Å². The van der Waals surface area contributed by atoms with E-state index in [1.54, 1.807) is 0 Å². The molecule has 28 heavy (non-hydrogen) atoms. The van der Waals surface area contributed by atoms with Gasteiger partial charge in [0.15, 0.2) is 0 Å². The predicted molar refractivity (Wildman–Crippen MR) is 97.7 cm³/mol. The van der Waals surface area contributed by atoms with Gasteiger partial charge in [0.25, 0.3) is 5.56 Å². The van der Waals surface area contributed by atoms with Crippen LogP contribution in [-0.2, 0) is 32.2 Å². The van der Waals surface area contributed by atoms with Gasteiger partial charge in [0.2, 0.25) is 5.82 Å². The Kier molecular flexibility index (Phi) is 4.70. The lowest BCUT2D eigenvalue weighted by molar-refractivity contribution is -0.145. The Morgan fingerprint density at radius 3 is 2.75 bits per heavy atom. The molecule has 6 nitrogen and oxygen atoms in total. The lowest BCUT2D eigenvalue weighted by Crippen LogP contribution is -2.37. The highest BCUT2D eigenvalue weighted by atomic mass is 19.4. The van der Waals surface area contributed by atoms with Gasteiger partial charge >= 0.3 is 6.18 Å². The van der Waals surface area contributed by atoms with Gasteiger partial charge in [-0.05, 0) is 18.6 Å². The van der Waals surface area contributed by atoms with Crippen LogP contribution in [0.3, 0.4) is 0 Å². The maximum absolute atomic E-state index is 12.9. The van der Waals surface area contributed by atoms with Gasteiger partial charge in [-0.1, -0.05) is 19.1 Å². The zero-order chi connectivity index (χ0) is 19.9. The Balaban J connectivity index is 1.62. The normalized spacial score (nSPS) is 15.1. The Bertz CT molecular complexity index is 1070. The minimum absolute atomic E-state index is 0.231. The first-order valence-corrected chi connectivity index (χ1v) is 9.22. The lowest BCUT2D eigenvalue weighted by Gasteiger charge is -2.27. The summed E-state index contributed by atoms with van der Waals surface area (Å²) in [6, 6.07) is 7.90. The highest BCUT2D eigenvalue weighted by Crippen LogP contribution is 2.27. The number of aryl methyl sites for hydroxylation is 1. The average molecular weight is 391 g/mol. The molecule has 0 saturated heterocycles. The molecule has 0 spiro atoms. The van der Waals surface area contributed by atoms with Crippen LogP contribution >= 0.6 is 0 Å². The van der Waals surface area contributed by atoms with Crippen molar-refractivity contribution in [2.75, 3.05) is 6.54 Å². The molecule has 1 aliphatic heterocycles. The fourth-order valence-corrected chi connectivity index (χ4v) is 3.67. The number of fused-ring (bicyclic) bond motifs is 2. The molecule has 4 rings (SSSR count). The van der Waals surface area contributed by atoms with Crippen LogP contribution in [-0.4, -0.2) is 31.0 Å². The molecule has 0 radical (unpaired) electrons. The first-order chi connectivity index (χ1) is 13.4. The van der Waals surface area contributed by atoms with Crippen molar-refractivity contribution in [1.29, 1.82) is 0 Å². The molecule has 0 saturated carbocycles. The van der Waals surface area contributed by atoms with Gasteiger partial charge in [0.1, 0.15) is 5.82 Å². The largest absolute Gasteiger partial charge is 0.449 e. The average Bonchev–Trinajstić information content (AvgIpc) is 2.99. The smallest absolute Gasteiger partial charge is 0.327 e. The van der Waals surface area contributed by atoms with E-state index in [-0.39, 0.29) is 12.2 Å². The highest BCUT2D eigenvalue weighted by Gasteiger charge is 2.36. The second-order valence-electron chi connectivity index (χ2n) is 6.97. The summed E-state index contributed by atoms with van der Waals surface area (Å²) in [6.45, 7) is 4.23. The molecule has 3 heterocycles. The number of rotatable bonds is 4. The highest BCUT2D eigenvalue weighted by molar-refractivity contribution is 5.75.